The van der Waals surface area contributed by atoms with Gasteiger partial charge in [-0.15, -0.1) is 16.4 Å². The fraction of sp³-hybridized carbons (Fsp3) is 0.0870. The van der Waals surface area contributed by atoms with E-state index < -0.39 is 24.2 Å². The maximum Gasteiger partial charge on any atom is 0.378 e. The van der Waals surface area contributed by atoms with Gasteiger partial charge in [-0.2, -0.15) is 4.98 Å². The smallest absolute Gasteiger partial charge is 0.378 e. The summed E-state index contributed by atoms with van der Waals surface area (Å²) in [5.41, 5.74) is 0.647. The Balaban J connectivity index is 1.51. The first kappa shape index (κ1) is 22.0. The molecule has 2 heterocycles. The fourth-order valence-corrected chi connectivity index (χ4v) is 3.71. The summed E-state index contributed by atoms with van der Waals surface area (Å²) in [4.78, 5) is 41.1. The number of aromatic nitrogens is 3. The molecule has 1 amide bonds. The fourth-order valence-electron chi connectivity index (χ4n) is 3.01. The summed E-state index contributed by atoms with van der Waals surface area (Å²) in [6, 6.07) is 16.5. The molecule has 1 N–H and O–H groups in total. The number of amides is 1. The quantitative estimate of drug-likeness (QED) is 0.326. The van der Waals surface area contributed by atoms with Gasteiger partial charge in [0.1, 0.15) is 5.82 Å². The number of anilines is 1. The third-order valence-corrected chi connectivity index (χ3v) is 5.32. The molecule has 0 atom stereocenters. The molecule has 0 aliphatic rings. The maximum absolute atomic E-state index is 14.3. The van der Waals surface area contributed by atoms with Crippen LogP contribution in [0.1, 0.15) is 27.9 Å². The molecule has 0 bridgehead atoms. The van der Waals surface area contributed by atoms with Crippen LogP contribution in [0.15, 0.2) is 66.0 Å². The van der Waals surface area contributed by atoms with Gasteiger partial charge < -0.3 is 10.1 Å². The van der Waals surface area contributed by atoms with Gasteiger partial charge in [0.05, 0.1) is 16.1 Å². The van der Waals surface area contributed by atoms with E-state index in [4.69, 9.17) is 4.74 Å². The summed E-state index contributed by atoms with van der Waals surface area (Å²) in [6.45, 7) is 0.594. The number of carbonyl (C=O) groups is 3. The van der Waals surface area contributed by atoms with Crippen molar-refractivity contribution in [2.45, 2.75) is 6.92 Å². The lowest BCUT2D eigenvalue weighted by molar-refractivity contribution is -0.114. The monoisotopic (exact) mass is 464 g/mol. The zero-order valence-electron chi connectivity index (χ0n) is 17.3. The SMILES string of the molecule is CC(=O)Nc1ccc(C(=O)COC(=O)c2nc(-c3cccs3)n(-c3ccccc3)n2)c(F)c1. The maximum atomic E-state index is 14.3. The molecular formula is C23H17FN4O4S. The molecule has 0 saturated heterocycles. The molecule has 2 aromatic carbocycles. The Labute approximate surface area is 191 Å². The van der Waals surface area contributed by atoms with Crippen LogP contribution in [0.3, 0.4) is 0 Å². The second-order valence-corrected chi connectivity index (χ2v) is 7.81. The molecule has 0 radical (unpaired) electrons. The Morgan fingerprint density at radius 3 is 2.55 bits per heavy atom. The second kappa shape index (κ2) is 9.53. The summed E-state index contributed by atoms with van der Waals surface area (Å²) in [6.07, 6.45) is 0. The molecule has 0 saturated carbocycles. The van der Waals surface area contributed by atoms with Gasteiger partial charge in [-0.25, -0.2) is 13.9 Å². The lowest BCUT2D eigenvalue weighted by Crippen LogP contribution is -2.17. The van der Waals surface area contributed by atoms with Crippen LogP contribution in [0.2, 0.25) is 0 Å². The van der Waals surface area contributed by atoms with Crippen LogP contribution in [0.5, 0.6) is 0 Å². The lowest BCUT2D eigenvalue weighted by atomic mass is 10.1. The molecule has 4 rings (SSSR count). The number of para-hydroxylation sites is 1. The Hall–Kier alpha value is -4.18. The second-order valence-electron chi connectivity index (χ2n) is 6.86. The highest BCUT2D eigenvalue weighted by atomic mass is 32.1. The molecule has 33 heavy (non-hydrogen) atoms. The summed E-state index contributed by atoms with van der Waals surface area (Å²) >= 11 is 1.43. The summed E-state index contributed by atoms with van der Waals surface area (Å²) in [5.74, 6) is -2.63. The largest absolute Gasteiger partial charge is 0.451 e. The van der Waals surface area contributed by atoms with E-state index in [1.807, 2.05) is 47.8 Å². The van der Waals surface area contributed by atoms with Gasteiger partial charge in [0.25, 0.3) is 5.82 Å². The van der Waals surface area contributed by atoms with Crippen molar-refractivity contribution in [3.05, 3.63) is 83.2 Å². The topological polar surface area (TPSA) is 103 Å². The normalized spacial score (nSPS) is 10.6. The number of ether oxygens (including phenoxy) is 1. The number of thiophene rings is 1. The number of Topliss-reactive ketones (excluding diaryl/α,β-unsaturated/α-hetero) is 1. The molecule has 166 valence electrons. The van der Waals surface area contributed by atoms with E-state index >= 15 is 0 Å². The van der Waals surface area contributed by atoms with Gasteiger partial charge >= 0.3 is 5.97 Å². The van der Waals surface area contributed by atoms with Crippen molar-refractivity contribution in [1.29, 1.82) is 0 Å². The van der Waals surface area contributed by atoms with Crippen LogP contribution < -0.4 is 5.32 Å². The summed E-state index contributed by atoms with van der Waals surface area (Å²) in [5, 5.41) is 8.56. The van der Waals surface area contributed by atoms with Crippen molar-refractivity contribution in [1.82, 2.24) is 14.8 Å². The highest BCUT2D eigenvalue weighted by Gasteiger charge is 2.22. The van der Waals surface area contributed by atoms with Crippen molar-refractivity contribution in [2.24, 2.45) is 0 Å². The molecule has 0 fully saturated rings. The number of ketones is 1. The molecule has 8 nitrogen and oxygen atoms in total. The average molecular weight is 464 g/mol. The predicted octanol–water partition coefficient (Wildman–Crippen LogP) is 4.13. The van der Waals surface area contributed by atoms with Crippen LogP contribution >= 0.6 is 11.3 Å². The first-order valence-electron chi connectivity index (χ1n) is 9.76. The zero-order valence-corrected chi connectivity index (χ0v) is 18.1. The van der Waals surface area contributed by atoms with Gasteiger partial charge in [-0.3, -0.25) is 9.59 Å². The van der Waals surface area contributed by atoms with E-state index in [0.29, 0.717) is 11.5 Å². The van der Waals surface area contributed by atoms with Crippen molar-refractivity contribution >= 4 is 34.7 Å². The van der Waals surface area contributed by atoms with E-state index in [-0.39, 0.29) is 23.0 Å². The molecule has 0 unspecified atom stereocenters. The minimum absolute atomic E-state index is 0.213. The van der Waals surface area contributed by atoms with Crippen LogP contribution in [-0.2, 0) is 9.53 Å². The van der Waals surface area contributed by atoms with Crippen molar-refractivity contribution < 1.29 is 23.5 Å². The number of hydrogen-bond donors (Lipinski definition) is 1. The van der Waals surface area contributed by atoms with Gasteiger partial charge in [0.15, 0.2) is 12.4 Å². The molecule has 0 spiro atoms. The lowest BCUT2D eigenvalue weighted by Gasteiger charge is -2.06. The Kier molecular flexibility index (Phi) is 6.36. The Bertz CT molecular complexity index is 1320. The molecule has 0 aliphatic heterocycles. The number of hydrogen-bond acceptors (Lipinski definition) is 7. The van der Waals surface area contributed by atoms with Crippen molar-refractivity contribution in [3.63, 3.8) is 0 Å². The van der Waals surface area contributed by atoms with Crippen molar-refractivity contribution in [3.8, 4) is 16.4 Å². The Morgan fingerprint density at radius 2 is 1.88 bits per heavy atom. The number of nitrogens with zero attached hydrogens (tertiary/aromatic N) is 3. The molecule has 0 aliphatic carbocycles. The van der Waals surface area contributed by atoms with Gasteiger partial charge in [-0.1, -0.05) is 24.3 Å². The minimum Gasteiger partial charge on any atom is -0.451 e. The first-order valence-corrected chi connectivity index (χ1v) is 10.6. The van der Waals surface area contributed by atoms with Crippen LogP contribution in [0, 0.1) is 5.82 Å². The molecule has 10 heteroatoms. The number of esters is 1. The third kappa shape index (κ3) is 5.01. The molecule has 2 aromatic heterocycles. The highest BCUT2D eigenvalue weighted by Crippen LogP contribution is 2.25. The number of halogens is 1. The standard InChI is InChI=1S/C23H17FN4O4S/c1-14(29)25-15-9-10-17(18(24)12-15)19(30)13-32-23(31)21-26-22(20-8-5-11-33-20)28(27-21)16-6-3-2-4-7-16/h2-12H,13H2,1H3,(H,25,29). The average Bonchev–Trinajstić information content (AvgIpc) is 3.47. The van der Waals surface area contributed by atoms with Crippen LogP contribution in [0.25, 0.3) is 16.4 Å². The number of rotatable bonds is 7. The van der Waals surface area contributed by atoms with E-state index in [2.05, 4.69) is 15.4 Å². The van der Waals surface area contributed by atoms with E-state index in [9.17, 15) is 18.8 Å². The third-order valence-electron chi connectivity index (χ3n) is 4.46. The zero-order chi connectivity index (χ0) is 23.4. The summed E-state index contributed by atoms with van der Waals surface area (Å²) < 4.78 is 20.8. The minimum atomic E-state index is -0.911. The molecule has 4 aromatic rings. The Morgan fingerprint density at radius 1 is 1.09 bits per heavy atom. The van der Waals surface area contributed by atoms with Crippen molar-refractivity contribution in [2.75, 3.05) is 11.9 Å². The van der Waals surface area contributed by atoms with E-state index in [1.165, 1.54) is 35.1 Å². The van der Waals surface area contributed by atoms with Gasteiger partial charge in [0.2, 0.25) is 11.7 Å². The van der Waals surface area contributed by atoms with E-state index in [0.717, 1.165) is 10.9 Å². The first-order chi connectivity index (χ1) is 15.9. The number of nitrogens with one attached hydrogen (secondary N) is 1. The van der Waals surface area contributed by atoms with Gasteiger partial charge in [-0.05, 0) is 41.8 Å². The predicted molar refractivity (Wildman–Crippen MR) is 120 cm³/mol. The van der Waals surface area contributed by atoms with Crippen LogP contribution in [0.4, 0.5) is 10.1 Å². The number of benzene rings is 2. The van der Waals surface area contributed by atoms with Crippen LogP contribution in [-0.4, -0.2) is 39.0 Å². The highest BCUT2D eigenvalue weighted by molar-refractivity contribution is 7.13. The molecular weight excluding hydrogens is 447 g/mol. The van der Waals surface area contributed by atoms with E-state index in [1.54, 1.807) is 0 Å². The number of carbonyl (C=O) groups excluding carboxylic acids is 3. The summed E-state index contributed by atoms with van der Waals surface area (Å²) in [7, 11) is 0. The van der Waals surface area contributed by atoms with Gasteiger partial charge in [0, 0.05) is 12.6 Å².